The Morgan fingerprint density at radius 3 is 1.84 bits per heavy atom. The maximum Gasteiger partial charge on any atom is 0.222 e. The third-order valence-corrected chi connectivity index (χ3v) is 5.80. The van der Waals surface area contributed by atoms with E-state index in [2.05, 4.69) is 22.2 Å². The molecule has 9 heteroatoms. The molecule has 31 heavy (non-hydrogen) atoms. The minimum atomic E-state index is -0.716. The molecule has 0 spiro atoms. The molecular formula is C22H45ClN4O4. The van der Waals surface area contributed by atoms with E-state index in [4.69, 9.17) is 11.6 Å². The number of hydrogen-bond acceptors (Lipinski definition) is 7. The van der Waals surface area contributed by atoms with Crippen LogP contribution in [0.25, 0.3) is 0 Å². The zero-order valence-corrected chi connectivity index (χ0v) is 21.2. The van der Waals surface area contributed by atoms with Gasteiger partial charge in [-0.3, -0.25) is 9.59 Å². The van der Waals surface area contributed by atoms with Crippen LogP contribution in [0.15, 0.2) is 0 Å². The van der Waals surface area contributed by atoms with Gasteiger partial charge in [-0.05, 0) is 71.5 Å². The minimum absolute atomic E-state index is 0.0941. The zero-order chi connectivity index (χ0) is 24.1. The quantitative estimate of drug-likeness (QED) is 0.507. The van der Waals surface area contributed by atoms with Crippen LogP contribution in [0, 0.1) is 0 Å². The molecule has 2 atom stereocenters. The van der Waals surface area contributed by atoms with Gasteiger partial charge in [0.25, 0.3) is 0 Å². The lowest BCUT2D eigenvalue weighted by Gasteiger charge is -2.39. The summed E-state index contributed by atoms with van der Waals surface area (Å²) in [5.74, 6) is 0.0941. The molecule has 184 valence electrons. The fourth-order valence-corrected chi connectivity index (χ4v) is 4.08. The van der Waals surface area contributed by atoms with E-state index in [1.165, 1.54) is 0 Å². The summed E-state index contributed by atoms with van der Waals surface area (Å²) in [6.45, 7) is 8.33. The molecule has 2 aliphatic rings. The van der Waals surface area contributed by atoms with Crippen molar-refractivity contribution in [2.45, 2.75) is 63.6 Å². The summed E-state index contributed by atoms with van der Waals surface area (Å²) < 4.78 is 0. The Labute approximate surface area is 193 Å². The van der Waals surface area contributed by atoms with Crippen molar-refractivity contribution in [3.63, 3.8) is 0 Å². The van der Waals surface area contributed by atoms with Crippen LogP contribution in [-0.2, 0) is 9.59 Å². The summed E-state index contributed by atoms with van der Waals surface area (Å²) in [4.78, 5) is 26.9. The normalized spacial score (nSPS) is 26.7. The number of amides is 1. The van der Waals surface area contributed by atoms with E-state index in [1.54, 1.807) is 18.9 Å². The van der Waals surface area contributed by atoms with Crippen LogP contribution in [0.5, 0.6) is 0 Å². The Morgan fingerprint density at radius 1 is 1.00 bits per heavy atom. The van der Waals surface area contributed by atoms with Gasteiger partial charge in [0.1, 0.15) is 0 Å². The van der Waals surface area contributed by atoms with Gasteiger partial charge < -0.3 is 30.2 Å². The number of nitrogens with one attached hydrogen (secondary N) is 1. The first-order valence-corrected chi connectivity index (χ1v) is 11.7. The SMILES string of the molecule is CCC(=O)Cl.CCC(=O)N(C)CC1(O)CCCN(C)C1.CNCC1(O)CCCN(C)C1. The molecule has 0 radical (unpaired) electrons. The van der Waals surface area contributed by atoms with Crippen molar-refractivity contribution in [3.05, 3.63) is 0 Å². The first kappa shape index (κ1) is 30.2. The lowest BCUT2D eigenvalue weighted by Crippen LogP contribution is -2.53. The molecule has 3 N–H and O–H groups in total. The molecule has 8 nitrogen and oxygen atoms in total. The van der Waals surface area contributed by atoms with Crippen molar-refractivity contribution in [1.82, 2.24) is 20.0 Å². The molecule has 0 aromatic heterocycles. The van der Waals surface area contributed by atoms with Gasteiger partial charge in [-0.1, -0.05) is 13.8 Å². The number of likely N-dealkylation sites (N-methyl/N-ethyl adjacent to an activating group) is 4. The first-order chi connectivity index (χ1) is 14.4. The highest BCUT2D eigenvalue weighted by Crippen LogP contribution is 2.21. The van der Waals surface area contributed by atoms with Gasteiger partial charge in [-0.15, -0.1) is 0 Å². The molecule has 2 heterocycles. The molecule has 2 aliphatic heterocycles. The molecule has 0 aliphatic carbocycles. The van der Waals surface area contributed by atoms with Crippen LogP contribution >= 0.6 is 11.6 Å². The Hall–Kier alpha value is -0.770. The summed E-state index contributed by atoms with van der Waals surface area (Å²) in [7, 11) is 7.70. The predicted molar refractivity (Wildman–Crippen MR) is 126 cm³/mol. The van der Waals surface area contributed by atoms with Gasteiger partial charge in [0, 0.05) is 39.5 Å². The Morgan fingerprint density at radius 2 is 1.45 bits per heavy atom. The third kappa shape index (κ3) is 13.4. The van der Waals surface area contributed by atoms with Gasteiger partial charge in [-0.2, -0.15) is 0 Å². The lowest BCUT2D eigenvalue weighted by atomic mass is 9.92. The van der Waals surface area contributed by atoms with Gasteiger partial charge in [0.2, 0.25) is 11.1 Å². The second-order valence-corrected chi connectivity index (χ2v) is 9.40. The fourth-order valence-electron chi connectivity index (χ4n) is 4.08. The maximum absolute atomic E-state index is 11.4. The Bertz CT molecular complexity index is 536. The van der Waals surface area contributed by atoms with Crippen molar-refractivity contribution in [2.24, 2.45) is 0 Å². The molecule has 1 amide bonds. The van der Waals surface area contributed by atoms with E-state index in [0.29, 0.717) is 32.5 Å². The average molecular weight is 465 g/mol. The Balaban J connectivity index is 0.000000492. The average Bonchev–Trinajstić information content (AvgIpc) is 2.67. The number of nitrogens with zero attached hydrogens (tertiary/aromatic N) is 3. The highest BCUT2D eigenvalue weighted by molar-refractivity contribution is 6.63. The highest BCUT2D eigenvalue weighted by Gasteiger charge is 2.33. The smallest absolute Gasteiger partial charge is 0.222 e. The summed E-state index contributed by atoms with van der Waals surface area (Å²) in [6.07, 6.45) is 4.76. The van der Waals surface area contributed by atoms with E-state index in [0.717, 1.165) is 45.3 Å². The molecule has 0 aromatic carbocycles. The molecule has 0 bridgehead atoms. The van der Waals surface area contributed by atoms with Crippen LogP contribution in [0.1, 0.15) is 52.4 Å². The fraction of sp³-hybridized carbons (Fsp3) is 0.909. The van der Waals surface area contributed by atoms with E-state index in [1.807, 2.05) is 21.0 Å². The molecular weight excluding hydrogens is 420 g/mol. The number of piperidine rings is 2. The minimum Gasteiger partial charge on any atom is -0.387 e. The number of carbonyl (C=O) groups is 2. The molecule has 2 rings (SSSR count). The number of halogens is 1. The standard InChI is InChI=1S/C11H22N2O2.C8H18N2O.C3H5ClO/c1-4-10(14)13(3)9-11(15)6-5-7-12(2)8-11;1-9-6-8(11)4-3-5-10(2)7-8;1-2-3(4)5/h15H,4-9H2,1-3H3;9,11H,3-7H2,1-2H3;2H2,1H3. The number of likely N-dealkylation sites (tertiary alicyclic amines) is 2. The lowest BCUT2D eigenvalue weighted by molar-refractivity contribution is -0.134. The van der Waals surface area contributed by atoms with Crippen molar-refractivity contribution < 1.29 is 19.8 Å². The van der Waals surface area contributed by atoms with Gasteiger partial charge in [0.15, 0.2) is 0 Å². The molecule has 0 aromatic rings. The maximum atomic E-state index is 11.4. The summed E-state index contributed by atoms with van der Waals surface area (Å²) in [5.41, 5.74) is -1.20. The second-order valence-electron chi connectivity index (χ2n) is 8.97. The monoisotopic (exact) mass is 464 g/mol. The van der Waals surface area contributed by atoms with E-state index in [9.17, 15) is 19.8 Å². The highest BCUT2D eigenvalue weighted by atomic mass is 35.5. The predicted octanol–water partition coefficient (Wildman–Crippen LogP) is 1.14. The number of hydrogen-bond donors (Lipinski definition) is 3. The van der Waals surface area contributed by atoms with E-state index >= 15 is 0 Å². The first-order valence-electron chi connectivity index (χ1n) is 11.3. The van der Waals surface area contributed by atoms with Gasteiger partial charge in [0.05, 0.1) is 17.7 Å². The summed E-state index contributed by atoms with van der Waals surface area (Å²) >= 11 is 4.82. The number of aliphatic hydroxyl groups is 2. The summed E-state index contributed by atoms with van der Waals surface area (Å²) in [5, 5.41) is 23.0. The third-order valence-electron chi connectivity index (χ3n) is 5.54. The molecule has 2 fully saturated rings. The second kappa shape index (κ2) is 15.1. The topological polar surface area (TPSA) is 96.3 Å². The van der Waals surface area contributed by atoms with Crippen LogP contribution in [0.2, 0.25) is 0 Å². The van der Waals surface area contributed by atoms with Crippen molar-refractivity contribution in [3.8, 4) is 0 Å². The van der Waals surface area contributed by atoms with Crippen LogP contribution in [0.4, 0.5) is 0 Å². The van der Waals surface area contributed by atoms with Crippen molar-refractivity contribution >= 4 is 22.8 Å². The van der Waals surface area contributed by atoms with Crippen LogP contribution in [0.3, 0.4) is 0 Å². The van der Waals surface area contributed by atoms with Crippen molar-refractivity contribution in [1.29, 1.82) is 0 Å². The van der Waals surface area contributed by atoms with Gasteiger partial charge in [-0.25, -0.2) is 0 Å². The summed E-state index contributed by atoms with van der Waals surface area (Å²) in [6, 6.07) is 0. The van der Waals surface area contributed by atoms with Crippen LogP contribution < -0.4 is 5.32 Å². The Kier molecular flexibility index (Phi) is 14.8. The zero-order valence-electron chi connectivity index (χ0n) is 20.4. The number of β-amino-alcohol motifs (C(OH)–C–C–N with tert-alkyl or cyclic N) is 2. The van der Waals surface area contributed by atoms with E-state index < -0.39 is 11.2 Å². The number of carbonyl (C=O) groups excluding carboxylic acids is 2. The molecule has 2 unspecified atom stereocenters. The largest absolute Gasteiger partial charge is 0.387 e. The van der Waals surface area contributed by atoms with Crippen LogP contribution in [-0.4, -0.2) is 115 Å². The van der Waals surface area contributed by atoms with E-state index in [-0.39, 0.29) is 11.1 Å². The molecule has 0 saturated carbocycles. The van der Waals surface area contributed by atoms with Crippen molar-refractivity contribution in [2.75, 3.05) is 67.5 Å². The van der Waals surface area contributed by atoms with Gasteiger partial charge >= 0.3 is 0 Å². The molecule has 2 saturated heterocycles. The number of rotatable bonds is 6.